The molecule has 29 heavy (non-hydrogen) atoms. The molecule has 0 saturated heterocycles. The predicted molar refractivity (Wildman–Crippen MR) is 114 cm³/mol. The Morgan fingerprint density at radius 3 is 2.52 bits per heavy atom. The lowest BCUT2D eigenvalue weighted by Crippen LogP contribution is -2.05. The van der Waals surface area contributed by atoms with Crippen LogP contribution in [0.5, 0.6) is 0 Å². The molecule has 1 aromatic heterocycles. The molecule has 0 aliphatic heterocycles. The van der Waals surface area contributed by atoms with Crippen LogP contribution in [0.1, 0.15) is 16.9 Å². The molecular formula is C22H17Cl2NO4. The molecule has 0 amide bonds. The van der Waals surface area contributed by atoms with E-state index in [4.69, 9.17) is 37.2 Å². The standard InChI is InChI=1S/C22H17Cl2NO4/c1-27-13-18(22(26)28-2)17-6-4-3-5-15(17)11-19(24)21-12-20(25-29-21)14-7-9-16(23)10-8-14/h3-13H,1-2H3. The van der Waals surface area contributed by atoms with E-state index >= 15 is 0 Å². The molecule has 5 nitrogen and oxygen atoms in total. The molecule has 1 heterocycles. The van der Waals surface area contributed by atoms with Crippen LogP contribution in [0, 0.1) is 0 Å². The number of methoxy groups -OCH3 is 2. The van der Waals surface area contributed by atoms with E-state index in [0.29, 0.717) is 32.6 Å². The highest BCUT2D eigenvalue weighted by molar-refractivity contribution is 6.51. The Kier molecular flexibility index (Phi) is 6.75. The molecular weight excluding hydrogens is 413 g/mol. The fourth-order valence-corrected chi connectivity index (χ4v) is 3.00. The maximum Gasteiger partial charge on any atom is 0.341 e. The van der Waals surface area contributed by atoms with Crippen molar-refractivity contribution in [2.24, 2.45) is 0 Å². The third kappa shape index (κ3) is 4.88. The molecule has 0 atom stereocenters. The van der Waals surface area contributed by atoms with Crippen molar-refractivity contribution in [3.8, 4) is 11.3 Å². The first-order chi connectivity index (χ1) is 14.0. The van der Waals surface area contributed by atoms with Crippen LogP contribution in [0.4, 0.5) is 0 Å². The van der Waals surface area contributed by atoms with Gasteiger partial charge in [-0.3, -0.25) is 0 Å². The molecule has 3 aromatic rings. The van der Waals surface area contributed by atoms with Crippen LogP contribution in [0.25, 0.3) is 27.9 Å². The van der Waals surface area contributed by atoms with Gasteiger partial charge in [-0.1, -0.05) is 64.8 Å². The Balaban J connectivity index is 1.96. The number of halogens is 2. The van der Waals surface area contributed by atoms with Crippen molar-refractivity contribution in [2.75, 3.05) is 14.2 Å². The quantitative estimate of drug-likeness (QED) is 0.277. The fourth-order valence-electron chi connectivity index (χ4n) is 2.67. The van der Waals surface area contributed by atoms with Crippen LogP contribution in [0.2, 0.25) is 5.02 Å². The van der Waals surface area contributed by atoms with Crippen molar-refractivity contribution in [3.63, 3.8) is 0 Å². The largest absolute Gasteiger partial charge is 0.503 e. The maximum absolute atomic E-state index is 12.1. The molecule has 0 saturated carbocycles. The fraction of sp³-hybridized carbons (Fsp3) is 0.0909. The van der Waals surface area contributed by atoms with E-state index in [2.05, 4.69) is 5.16 Å². The topological polar surface area (TPSA) is 61.6 Å². The zero-order chi connectivity index (χ0) is 20.8. The first-order valence-electron chi connectivity index (χ1n) is 8.54. The van der Waals surface area contributed by atoms with Gasteiger partial charge in [0.25, 0.3) is 0 Å². The highest BCUT2D eigenvalue weighted by atomic mass is 35.5. The number of esters is 1. The average Bonchev–Trinajstić information content (AvgIpc) is 3.23. The van der Waals surface area contributed by atoms with Crippen LogP contribution >= 0.6 is 23.2 Å². The zero-order valence-corrected chi connectivity index (χ0v) is 17.2. The van der Waals surface area contributed by atoms with E-state index in [1.54, 1.807) is 36.4 Å². The van der Waals surface area contributed by atoms with Crippen LogP contribution in [0.15, 0.2) is 65.4 Å². The van der Waals surface area contributed by atoms with Crippen molar-refractivity contribution >= 4 is 45.9 Å². The molecule has 0 unspecified atom stereocenters. The van der Waals surface area contributed by atoms with Gasteiger partial charge in [-0.25, -0.2) is 4.79 Å². The average molecular weight is 430 g/mol. The Labute approximate surface area is 178 Å². The second-order valence-electron chi connectivity index (χ2n) is 5.92. The van der Waals surface area contributed by atoms with E-state index in [1.807, 2.05) is 24.3 Å². The number of ether oxygens (including phenoxy) is 2. The van der Waals surface area contributed by atoms with Gasteiger partial charge in [-0.2, -0.15) is 0 Å². The molecule has 148 valence electrons. The Morgan fingerprint density at radius 2 is 1.83 bits per heavy atom. The van der Waals surface area contributed by atoms with Crippen molar-refractivity contribution in [1.29, 1.82) is 0 Å². The second-order valence-corrected chi connectivity index (χ2v) is 6.77. The van der Waals surface area contributed by atoms with Crippen LogP contribution < -0.4 is 0 Å². The summed E-state index contributed by atoms with van der Waals surface area (Å²) in [7, 11) is 2.77. The summed E-state index contributed by atoms with van der Waals surface area (Å²) in [6.07, 6.45) is 3.02. The highest BCUT2D eigenvalue weighted by Gasteiger charge is 2.17. The van der Waals surface area contributed by atoms with E-state index in [1.165, 1.54) is 20.5 Å². The van der Waals surface area contributed by atoms with Gasteiger partial charge in [0.05, 0.1) is 25.5 Å². The van der Waals surface area contributed by atoms with Gasteiger partial charge in [0.15, 0.2) is 5.76 Å². The molecule has 0 bridgehead atoms. The minimum Gasteiger partial charge on any atom is -0.503 e. The minimum absolute atomic E-state index is 0.269. The molecule has 0 aliphatic rings. The summed E-state index contributed by atoms with van der Waals surface area (Å²) in [6.45, 7) is 0. The molecule has 7 heteroatoms. The Morgan fingerprint density at radius 1 is 1.10 bits per heavy atom. The first-order valence-corrected chi connectivity index (χ1v) is 9.30. The monoisotopic (exact) mass is 429 g/mol. The van der Waals surface area contributed by atoms with Gasteiger partial charge in [0.2, 0.25) is 0 Å². The number of carbonyl (C=O) groups is 1. The lowest BCUT2D eigenvalue weighted by Gasteiger charge is -2.09. The summed E-state index contributed by atoms with van der Waals surface area (Å²) >= 11 is 12.4. The lowest BCUT2D eigenvalue weighted by molar-refractivity contribution is -0.133. The van der Waals surface area contributed by atoms with E-state index in [-0.39, 0.29) is 5.57 Å². The maximum atomic E-state index is 12.1. The minimum atomic E-state index is -0.520. The second kappa shape index (κ2) is 9.45. The number of carbonyl (C=O) groups excluding carboxylic acids is 1. The van der Waals surface area contributed by atoms with Crippen LogP contribution in [-0.4, -0.2) is 25.3 Å². The lowest BCUT2D eigenvalue weighted by atomic mass is 10.00. The van der Waals surface area contributed by atoms with Crippen molar-refractivity contribution in [1.82, 2.24) is 5.16 Å². The van der Waals surface area contributed by atoms with Crippen molar-refractivity contribution < 1.29 is 18.8 Å². The third-order valence-electron chi connectivity index (χ3n) is 4.06. The zero-order valence-electron chi connectivity index (χ0n) is 15.7. The summed E-state index contributed by atoms with van der Waals surface area (Å²) in [5, 5.41) is 5.02. The molecule has 0 radical (unpaired) electrons. The van der Waals surface area contributed by atoms with Gasteiger partial charge in [0, 0.05) is 16.7 Å². The van der Waals surface area contributed by atoms with Gasteiger partial charge < -0.3 is 14.0 Å². The molecule has 0 aliphatic carbocycles. The number of hydrogen-bond acceptors (Lipinski definition) is 5. The third-order valence-corrected chi connectivity index (χ3v) is 4.61. The molecule has 0 fully saturated rings. The summed E-state index contributed by atoms with van der Waals surface area (Å²) in [5.41, 5.74) is 3.05. The van der Waals surface area contributed by atoms with Gasteiger partial charge in [0.1, 0.15) is 11.3 Å². The number of nitrogens with zero attached hydrogens (tertiary/aromatic N) is 1. The smallest absolute Gasteiger partial charge is 0.341 e. The summed E-state index contributed by atoms with van der Waals surface area (Å²) in [6, 6.07) is 16.2. The highest BCUT2D eigenvalue weighted by Crippen LogP contribution is 2.30. The van der Waals surface area contributed by atoms with Gasteiger partial charge in [-0.05, 0) is 29.3 Å². The van der Waals surface area contributed by atoms with E-state index < -0.39 is 5.97 Å². The molecule has 3 rings (SSSR count). The van der Waals surface area contributed by atoms with Crippen LogP contribution in [0.3, 0.4) is 0 Å². The summed E-state index contributed by atoms with van der Waals surface area (Å²) < 4.78 is 15.3. The number of aromatic nitrogens is 1. The summed E-state index contributed by atoms with van der Waals surface area (Å²) in [4.78, 5) is 12.1. The predicted octanol–water partition coefficient (Wildman–Crippen LogP) is 5.89. The van der Waals surface area contributed by atoms with Crippen molar-refractivity contribution in [2.45, 2.75) is 0 Å². The number of hydrogen-bond donors (Lipinski definition) is 0. The molecule has 2 aromatic carbocycles. The Hall–Kier alpha value is -3.02. The first kappa shape index (κ1) is 20.7. The van der Waals surface area contributed by atoms with Gasteiger partial charge >= 0.3 is 5.97 Å². The number of rotatable bonds is 6. The molecule has 0 spiro atoms. The number of benzene rings is 2. The summed E-state index contributed by atoms with van der Waals surface area (Å²) in [5.74, 6) is -0.129. The molecule has 0 N–H and O–H groups in total. The SMILES string of the molecule is COC=C(C(=O)OC)c1ccccc1C=C(Cl)c1cc(-c2ccc(Cl)cc2)no1. The Bertz CT molecular complexity index is 1070. The van der Waals surface area contributed by atoms with E-state index in [0.717, 1.165) is 5.56 Å². The van der Waals surface area contributed by atoms with Gasteiger partial charge in [-0.15, -0.1) is 0 Å². The normalized spacial score (nSPS) is 12.0. The van der Waals surface area contributed by atoms with Crippen molar-refractivity contribution in [3.05, 3.63) is 82.8 Å². The van der Waals surface area contributed by atoms with Crippen LogP contribution in [-0.2, 0) is 14.3 Å². The van der Waals surface area contributed by atoms with E-state index in [9.17, 15) is 4.79 Å².